The number of hydrogen-bond donors (Lipinski definition) is 1. The van der Waals surface area contributed by atoms with Crippen molar-refractivity contribution in [3.05, 3.63) is 23.2 Å². The summed E-state index contributed by atoms with van der Waals surface area (Å²) in [7, 11) is 2.21. The molecule has 0 radical (unpaired) electrons. The molecule has 3 nitrogen and oxygen atoms in total. The molecule has 0 aromatic heterocycles. The number of benzene rings is 1. The highest BCUT2D eigenvalue weighted by Crippen LogP contribution is 2.28. The molecule has 0 amide bonds. The molecule has 1 heterocycles. The Morgan fingerprint density at radius 3 is 2.85 bits per heavy atom. The Kier molecular flexibility index (Phi) is 5.55. The standard InChI is InChI=1S/C16H25ClN2O/c1-12(2)20-16-8-7-13(10-15(16)17)18-11-14-6-4-5-9-19(14)3/h7-8,10,12,14,18H,4-6,9,11H2,1-3H3. The number of nitrogens with zero attached hydrogens (tertiary/aromatic N) is 1. The van der Waals surface area contributed by atoms with Gasteiger partial charge in [0.1, 0.15) is 5.75 Å². The lowest BCUT2D eigenvalue weighted by Gasteiger charge is -2.32. The van der Waals surface area contributed by atoms with E-state index >= 15 is 0 Å². The Hall–Kier alpha value is -0.930. The fourth-order valence-corrected chi connectivity index (χ4v) is 2.82. The first-order valence-corrected chi connectivity index (χ1v) is 7.84. The van der Waals surface area contributed by atoms with Crippen LogP contribution in [0.15, 0.2) is 18.2 Å². The van der Waals surface area contributed by atoms with Crippen LogP contribution in [0.3, 0.4) is 0 Å². The van der Waals surface area contributed by atoms with Crippen LogP contribution in [0.2, 0.25) is 5.02 Å². The summed E-state index contributed by atoms with van der Waals surface area (Å²) < 4.78 is 5.64. The molecule has 1 fully saturated rings. The number of anilines is 1. The second-order valence-electron chi connectivity index (χ2n) is 5.82. The van der Waals surface area contributed by atoms with Crippen molar-refractivity contribution in [1.82, 2.24) is 4.90 Å². The van der Waals surface area contributed by atoms with Crippen LogP contribution in [-0.2, 0) is 0 Å². The van der Waals surface area contributed by atoms with E-state index in [-0.39, 0.29) is 6.10 Å². The van der Waals surface area contributed by atoms with E-state index in [1.54, 1.807) is 0 Å². The average Bonchev–Trinajstić information content (AvgIpc) is 2.40. The molecule has 1 saturated heterocycles. The van der Waals surface area contributed by atoms with Crippen LogP contribution in [0.25, 0.3) is 0 Å². The number of likely N-dealkylation sites (N-methyl/N-ethyl adjacent to an activating group) is 1. The SMILES string of the molecule is CC(C)Oc1ccc(NCC2CCCCN2C)cc1Cl. The summed E-state index contributed by atoms with van der Waals surface area (Å²) in [5.41, 5.74) is 1.06. The van der Waals surface area contributed by atoms with Gasteiger partial charge < -0.3 is 15.0 Å². The molecule has 0 saturated carbocycles. The van der Waals surface area contributed by atoms with E-state index in [2.05, 4.69) is 17.3 Å². The largest absolute Gasteiger partial charge is 0.489 e. The fourth-order valence-electron chi connectivity index (χ4n) is 2.60. The number of hydrogen-bond acceptors (Lipinski definition) is 3. The minimum atomic E-state index is 0.141. The smallest absolute Gasteiger partial charge is 0.138 e. The predicted molar refractivity (Wildman–Crippen MR) is 86.0 cm³/mol. The van der Waals surface area contributed by atoms with Crippen molar-refractivity contribution in [1.29, 1.82) is 0 Å². The molecular formula is C16H25ClN2O. The second-order valence-corrected chi connectivity index (χ2v) is 6.23. The Morgan fingerprint density at radius 2 is 2.20 bits per heavy atom. The van der Waals surface area contributed by atoms with Crippen molar-refractivity contribution in [2.45, 2.75) is 45.3 Å². The van der Waals surface area contributed by atoms with E-state index in [1.807, 2.05) is 32.0 Å². The summed E-state index contributed by atoms with van der Waals surface area (Å²) in [5, 5.41) is 4.15. The fraction of sp³-hybridized carbons (Fsp3) is 0.625. The first-order chi connectivity index (χ1) is 9.56. The first-order valence-electron chi connectivity index (χ1n) is 7.46. The van der Waals surface area contributed by atoms with Crippen LogP contribution < -0.4 is 10.1 Å². The van der Waals surface area contributed by atoms with Crippen LogP contribution in [0.1, 0.15) is 33.1 Å². The van der Waals surface area contributed by atoms with E-state index in [1.165, 1.54) is 25.8 Å². The number of ether oxygens (including phenoxy) is 1. The number of likely N-dealkylation sites (tertiary alicyclic amines) is 1. The van der Waals surface area contributed by atoms with Gasteiger partial charge in [0.25, 0.3) is 0 Å². The van der Waals surface area contributed by atoms with Crippen molar-refractivity contribution < 1.29 is 4.74 Å². The van der Waals surface area contributed by atoms with Crippen LogP contribution in [0.4, 0.5) is 5.69 Å². The monoisotopic (exact) mass is 296 g/mol. The maximum atomic E-state index is 6.25. The lowest BCUT2D eigenvalue weighted by Crippen LogP contribution is -2.40. The third-order valence-corrected chi connectivity index (χ3v) is 4.05. The molecule has 0 spiro atoms. The highest BCUT2D eigenvalue weighted by atomic mass is 35.5. The molecule has 0 bridgehead atoms. The van der Waals surface area contributed by atoms with Gasteiger partial charge >= 0.3 is 0 Å². The lowest BCUT2D eigenvalue weighted by atomic mass is 10.0. The summed E-state index contributed by atoms with van der Waals surface area (Å²) in [4.78, 5) is 2.44. The molecule has 1 aromatic carbocycles. The number of rotatable bonds is 5. The van der Waals surface area contributed by atoms with Gasteiger partial charge in [-0.3, -0.25) is 0 Å². The summed E-state index contributed by atoms with van der Waals surface area (Å²) in [6.45, 7) is 6.17. The molecule has 1 atom stereocenters. The zero-order valence-electron chi connectivity index (χ0n) is 12.7. The van der Waals surface area contributed by atoms with Gasteiger partial charge in [0.2, 0.25) is 0 Å². The van der Waals surface area contributed by atoms with Crippen LogP contribution in [0, 0.1) is 0 Å². The Morgan fingerprint density at radius 1 is 1.40 bits per heavy atom. The minimum Gasteiger partial charge on any atom is -0.489 e. The average molecular weight is 297 g/mol. The molecule has 1 aliphatic heterocycles. The molecule has 1 unspecified atom stereocenters. The maximum absolute atomic E-state index is 6.25. The zero-order chi connectivity index (χ0) is 14.5. The van der Waals surface area contributed by atoms with Gasteiger partial charge in [0.15, 0.2) is 0 Å². The van der Waals surface area contributed by atoms with Gasteiger partial charge in [0.05, 0.1) is 11.1 Å². The number of nitrogens with one attached hydrogen (secondary N) is 1. The highest BCUT2D eigenvalue weighted by Gasteiger charge is 2.18. The van der Waals surface area contributed by atoms with Crippen molar-refractivity contribution >= 4 is 17.3 Å². The van der Waals surface area contributed by atoms with Crippen LogP contribution in [0.5, 0.6) is 5.75 Å². The van der Waals surface area contributed by atoms with E-state index in [4.69, 9.17) is 16.3 Å². The topological polar surface area (TPSA) is 24.5 Å². The van der Waals surface area contributed by atoms with Gasteiger partial charge in [-0.1, -0.05) is 18.0 Å². The maximum Gasteiger partial charge on any atom is 0.138 e. The van der Waals surface area contributed by atoms with Crippen molar-refractivity contribution in [2.24, 2.45) is 0 Å². The van der Waals surface area contributed by atoms with Gasteiger partial charge in [-0.15, -0.1) is 0 Å². The van der Waals surface area contributed by atoms with Gasteiger partial charge in [0, 0.05) is 18.3 Å². The number of piperidine rings is 1. The zero-order valence-corrected chi connectivity index (χ0v) is 13.4. The Balaban J connectivity index is 1.91. The molecular weight excluding hydrogens is 272 g/mol. The van der Waals surface area contributed by atoms with E-state index < -0.39 is 0 Å². The highest BCUT2D eigenvalue weighted by molar-refractivity contribution is 6.32. The Bertz CT molecular complexity index is 436. The van der Waals surface area contributed by atoms with Gasteiger partial charge in [-0.25, -0.2) is 0 Å². The van der Waals surface area contributed by atoms with E-state index in [0.717, 1.165) is 18.0 Å². The van der Waals surface area contributed by atoms with Crippen molar-refractivity contribution in [3.8, 4) is 5.75 Å². The normalized spacial score (nSPS) is 20.1. The van der Waals surface area contributed by atoms with Crippen LogP contribution in [-0.4, -0.2) is 37.2 Å². The molecule has 20 heavy (non-hydrogen) atoms. The molecule has 112 valence electrons. The van der Waals surface area contributed by atoms with Gasteiger partial charge in [-0.05, 0) is 58.5 Å². The van der Waals surface area contributed by atoms with Gasteiger partial charge in [-0.2, -0.15) is 0 Å². The quantitative estimate of drug-likeness (QED) is 0.888. The first kappa shape index (κ1) is 15.5. The third kappa shape index (κ3) is 4.29. The second kappa shape index (κ2) is 7.19. The van der Waals surface area contributed by atoms with E-state index in [0.29, 0.717) is 11.1 Å². The molecule has 0 aliphatic carbocycles. The Labute approximate surface area is 127 Å². The number of halogens is 1. The molecule has 4 heteroatoms. The molecule has 1 N–H and O–H groups in total. The molecule has 1 aliphatic rings. The third-order valence-electron chi connectivity index (χ3n) is 3.76. The lowest BCUT2D eigenvalue weighted by molar-refractivity contribution is 0.194. The predicted octanol–water partition coefficient (Wildman–Crippen LogP) is 4.02. The summed E-state index contributed by atoms with van der Waals surface area (Å²) in [6.07, 6.45) is 4.06. The molecule has 1 aromatic rings. The molecule has 2 rings (SSSR count). The summed E-state index contributed by atoms with van der Waals surface area (Å²) in [6, 6.07) is 6.54. The van der Waals surface area contributed by atoms with Crippen molar-refractivity contribution in [3.63, 3.8) is 0 Å². The summed E-state index contributed by atoms with van der Waals surface area (Å²) in [5.74, 6) is 0.752. The van der Waals surface area contributed by atoms with Crippen molar-refractivity contribution in [2.75, 3.05) is 25.5 Å². The van der Waals surface area contributed by atoms with Crippen LogP contribution >= 0.6 is 11.6 Å². The van der Waals surface area contributed by atoms with E-state index in [9.17, 15) is 0 Å². The minimum absolute atomic E-state index is 0.141. The summed E-state index contributed by atoms with van der Waals surface area (Å²) >= 11 is 6.25.